The van der Waals surface area contributed by atoms with Gasteiger partial charge in [-0.3, -0.25) is 14.2 Å². The molecule has 0 aliphatic carbocycles. The van der Waals surface area contributed by atoms with Crippen molar-refractivity contribution in [3.63, 3.8) is 0 Å². The Kier molecular flexibility index (Phi) is 6.48. The molecule has 4 aromatic rings. The molecule has 32 heavy (non-hydrogen) atoms. The maximum atomic E-state index is 12.9. The van der Waals surface area contributed by atoms with E-state index < -0.39 is 0 Å². The van der Waals surface area contributed by atoms with Gasteiger partial charge in [0.2, 0.25) is 5.91 Å². The van der Waals surface area contributed by atoms with E-state index in [1.807, 2.05) is 36.4 Å². The smallest absolute Gasteiger partial charge is 0.271 e. The Morgan fingerprint density at radius 2 is 1.84 bits per heavy atom. The van der Waals surface area contributed by atoms with E-state index in [1.165, 1.54) is 34.8 Å². The van der Waals surface area contributed by atoms with Crippen LogP contribution in [0.25, 0.3) is 20.7 Å². The number of carbonyl (C=O) groups excluding carboxylic acids is 1. The molecule has 0 saturated heterocycles. The lowest BCUT2D eigenvalue weighted by molar-refractivity contribution is -0.113. The average Bonchev–Trinajstić information content (AvgIpc) is 3.25. The van der Waals surface area contributed by atoms with Gasteiger partial charge in [0.1, 0.15) is 4.70 Å². The number of thiophene rings is 1. The number of fused-ring (bicyclic) bond motifs is 1. The van der Waals surface area contributed by atoms with Crippen LogP contribution >= 0.6 is 23.1 Å². The Hall–Kier alpha value is -3.30. The van der Waals surface area contributed by atoms with Crippen LogP contribution in [0.5, 0.6) is 11.5 Å². The fraction of sp³-hybridized carbons (Fsp3) is 0.174. The summed E-state index contributed by atoms with van der Waals surface area (Å²) in [7, 11) is 4.76. The first-order chi connectivity index (χ1) is 15.5. The van der Waals surface area contributed by atoms with E-state index in [2.05, 4.69) is 10.3 Å². The van der Waals surface area contributed by atoms with E-state index in [9.17, 15) is 9.59 Å². The first kappa shape index (κ1) is 21.9. The second-order valence-corrected chi connectivity index (χ2v) is 8.85. The van der Waals surface area contributed by atoms with Crippen LogP contribution in [0.3, 0.4) is 0 Å². The standard InChI is InChI=1S/C23H21N3O4S2/c1-26-22(28)21-16(12-19(32-21)14-7-5-4-6-8-14)25-23(26)31-13-20(27)24-15-9-10-17(29-2)18(11-15)30-3/h4-12H,13H2,1-3H3,(H,24,27). The van der Waals surface area contributed by atoms with Crippen LogP contribution in [-0.2, 0) is 11.8 Å². The van der Waals surface area contributed by atoms with Gasteiger partial charge in [-0.05, 0) is 23.8 Å². The van der Waals surface area contributed by atoms with E-state index in [-0.39, 0.29) is 17.2 Å². The fourth-order valence-electron chi connectivity index (χ4n) is 3.15. The molecule has 0 spiro atoms. The third-order valence-electron chi connectivity index (χ3n) is 4.77. The Labute approximate surface area is 193 Å². The molecule has 0 aliphatic heterocycles. The van der Waals surface area contributed by atoms with Crippen molar-refractivity contribution in [2.75, 3.05) is 25.3 Å². The molecule has 0 aliphatic rings. The number of thioether (sulfide) groups is 1. The Balaban J connectivity index is 1.51. The summed E-state index contributed by atoms with van der Waals surface area (Å²) >= 11 is 2.64. The predicted octanol–water partition coefficient (Wildman–Crippen LogP) is 4.41. The number of hydrogen-bond donors (Lipinski definition) is 1. The summed E-state index contributed by atoms with van der Waals surface area (Å²) in [6.07, 6.45) is 0. The van der Waals surface area contributed by atoms with Crippen molar-refractivity contribution in [3.05, 3.63) is 65.0 Å². The molecule has 0 fully saturated rings. The highest BCUT2D eigenvalue weighted by molar-refractivity contribution is 7.99. The lowest BCUT2D eigenvalue weighted by atomic mass is 10.2. The monoisotopic (exact) mass is 467 g/mol. The van der Waals surface area contributed by atoms with Gasteiger partial charge in [0.05, 0.1) is 25.5 Å². The largest absolute Gasteiger partial charge is 0.493 e. The normalized spacial score (nSPS) is 10.8. The summed E-state index contributed by atoms with van der Waals surface area (Å²) < 4.78 is 12.6. The van der Waals surface area contributed by atoms with Gasteiger partial charge < -0.3 is 14.8 Å². The molecule has 2 aromatic heterocycles. The van der Waals surface area contributed by atoms with Crippen LogP contribution < -0.4 is 20.3 Å². The second kappa shape index (κ2) is 9.46. The molecular formula is C23H21N3O4S2. The topological polar surface area (TPSA) is 82.5 Å². The molecule has 0 bridgehead atoms. The number of ether oxygens (including phenoxy) is 2. The van der Waals surface area contributed by atoms with E-state index >= 15 is 0 Å². The summed E-state index contributed by atoms with van der Waals surface area (Å²) in [5.74, 6) is 1.000. The van der Waals surface area contributed by atoms with Gasteiger partial charge in [-0.1, -0.05) is 42.1 Å². The quantitative estimate of drug-likeness (QED) is 0.320. The Morgan fingerprint density at radius 3 is 2.56 bits per heavy atom. The number of methoxy groups -OCH3 is 2. The van der Waals surface area contributed by atoms with Crippen molar-refractivity contribution in [2.24, 2.45) is 7.05 Å². The molecule has 1 N–H and O–H groups in total. The maximum Gasteiger partial charge on any atom is 0.271 e. The van der Waals surface area contributed by atoms with E-state index in [0.29, 0.717) is 32.6 Å². The van der Waals surface area contributed by atoms with Gasteiger partial charge in [-0.25, -0.2) is 4.98 Å². The summed E-state index contributed by atoms with van der Waals surface area (Å²) in [6, 6.07) is 17.0. The predicted molar refractivity (Wildman–Crippen MR) is 129 cm³/mol. The van der Waals surface area contributed by atoms with E-state index in [1.54, 1.807) is 32.4 Å². The lowest BCUT2D eigenvalue weighted by Gasteiger charge is -2.11. The van der Waals surface area contributed by atoms with Crippen LogP contribution in [0.2, 0.25) is 0 Å². The number of anilines is 1. The van der Waals surface area contributed by atoms with Crippen LogP contribution in [0.1, 0.15) is 0 Å². The maximum absolute atomic E-state index is 12.9. The van der Waals surface area contributed by atoms with Crippen molar-refractivity contribution in [3.8, 4) is 21.9 Å². The molecule has 7 nitrogen and oxygen atoms in total. The van der Waals surface area contributed by atoms with Gasteiger partial charge in [-0.2, -0.15) is 0 Å². The highest BCUT2D eigenvalue weighted by Gasteiger charge is 2.15. The number of aromatic nitrogens is 2. The van der Waals surface area contributed by atoms with Gasteiger partial charge in [-0.15, -0.1) is 11.3 Å². The third kappa shape index (κ3) is 4.49. The fourth-order valence-corrected chi connectivity index (χ4v) is 5.00. The summed E-state index contributed by atoms with van der Waals surface area (Å²) in [6.45, 7) is 0. The minimum absolute atomic E-state index is 0.107. The minimum atomic E-state index is -0.216. The first-order valence-corrected chi connectivity index (χ1v) is 11.5. The molecule has 164 valence electrons. The Morgan fingerprint density at radius 1 is 1.09 bits per heavy atom. The number of nitrogens with zero attached hydrogens (tertiary/aromatic N) is 2. The molecule has 0 atom stereocenters. The van der Waals surface area contributed by atoms with Crippen LogP contribution in [0.4, 0.5) is 5.69 Å². The summed E-state index contributed by atoms with van der Waals surface area (Å²) in [4.78, 5) is 30.9. The summed E-state index contributed by atoms with van der Waals surface area (Å²) in [5, 5.41) is 3.31. The van der Waals surface area contributed by atoms with Crippen molar-refractivity contribution < 1.29 is 14.3 Å². The molecule has 9 heteroatoms. The van der Waals surface area contributed by atoms with E-state index in [4.69, 9.17) is 9.47 Å². The van der Waals surface area contributed by atoms with E-state index in [0.717, 1.165) is 10.4 Å². The van der Waals surface area contributed by atoms with Crippen molar-refractivity contribution in [1.82, 2.24) is 9.55 Å². The highest BCUT2D eigenvalue weighted by Crippen LogP contribution is 2.32. The SMILES string of the molecule is COc1ccc(NC(=O)CSc2nc3cc(-c4ccccc4)sc3c(=O)n2C)cc1OC. The molecule has 0 unspecified atom stereocenters. The molecule has 2 aromatic carbocycles. The van der Waals surface area contributed by atoms with Crippen LogP contribution in [-0.4, -0.2) is 35.4 Å². The van der Waals surface area contributed by atoms with Crippen LogP contribution in [0.15, 0.2) is 64.5 Å². The number of hydrogen-bond acceptors (Lipinski definition) is 7. The molecule has 2 heterocycles. The Bertz CT molecular complexity index is 1330. The van der Waals surface area contributed by atoms with Gasteiger partial charge in [0.25, 0.3) is 5.56 Å². The van der Waals surface area contributed by atoms with Gasteiger partial charge in [0, 0.05) is 23.7 Å². The van der Waals surface area contributed by atoms with Gasteiger partial charge in [0.15, 0.2) is 16.7 Å². The van der Waals surface area contributed by atoms with Crippen molar-refractivity contribution in [2.45, 2.75) is 5.16 Å². The molecule has 0 saturated carbocycles. The zero-order valence-electron chi connectivity index (χ0n) is 17.7. The molecular weight excluding hydrogens is 446 g/mol. The van der Waals surface area contributed by atoms with Crippen LogP contribution in [0, 0.1) is 0 Å². The highest BCUT2D eigenvalue weighted by atomic mass is 32.2. The number of rotatable bonds is 7. The zero-order chi connectivity index (χ0) is 22.7. The number of nitrogens with one attached hydrogen (secondary N) is 1. The lowest BCUT2D eigenvalue weighted by Crippen LogP contribution is -2.20. The summed E-state index contributed by atoms with van der Waals surface area (Å²) in [5.41, 5.74) is 2.15. The second-order valence-electron chi connectivity index (χ2n) is 6.86. The number of amides is 1. The van der Waals surface area contributed by atoms with Gasteiger partial charge >= 0.3 is 0 Å². The zero-order valence-corrected chi connectivity index (χ0v) is 19.4. The minimum Gasteiger partial charge on any atom is -0.493 e. The number of carbonyl (C=O) groups is 1. The molecule has 4 rings (SSSR count). The average molecular weight is 468 g/mol. The number of benzene rings is 2. The van der Waals surface area contributed by atoms with Crippen molar-refractivity contribution in [1.29, 1.82) is 0 Å². The first-order valence-electron chi connectivity index (χ1n) is 9.71. The van der Waals surface area contributed by atoms with Crippen molar-refractivity contribution >= 4 is 44.9 Å². The molecule has 1 amide bonds. The third-order valence-corrected chi connectivity index (χ3v) is 6.96. The molecule has 0 radical (unpaired) electrons.